The number of carbonyl (C=O) groups is 1. The number of ether oxygens (including phenoxy) is 1. The first-order valence-electron chi connectivity index (χ1n) is 4.27. The molecule has 2 atom stereocenters. The fourth-order valence-electron chi connectivity index (χ4n) is 0.552. The highest BCUT2D eigenvalue weighted by molar-refractivity contribution is 5.75. The maximum atomic E-state index is 10.9. The van der Waals surface area contributed by atoms with Gasteiger partial charge >= 0.3 is 5.97 Å². The lowest BCUT2D eigenvalue weighted by Gasteiger charge is -2.16. The van der Waals surface area contributed by atoms with E-state index in [4.69, 9.17) is 21.3 Å². The van der Waals surface area contributed by atoms with Crippen LogP contribution in [-0.4, -0.2) is 36.4 Å². The summed E-state index contributed by atoms with van der Waals surface area (Å²) < 4.78 is 4.77. The number of rotatable bonds is 5. The van der Waals surface area contributed by atoms with Gasteiger partial charge in [-0.05, 0) is 5.92 Å². The Hall–Kier alpha value is -0.650. The zero-order valence-corrected chi connectivity index (χ0v) is 8.06. The van der Waals surface area contributed by atoms with Gasteiger partial charge < -0.3 is 21.3 Å². The van der Waals surface area contributed by atoms with Crippen molar-refractivity contribution >= 4 is 5.97 Å². The Labute approximate surface area is 78.0 Å². The van der Waals surface area contributed by atoms with Crippen LogP contribution in [-0.2, 0) is 9.53 Å². The van der Waals surface area contributed by atoms with Crippen molar-refractivity contribution in [2.24, 2.45) is 17.4 Å². The molecule has 5 heteroatoms. The number of esters is 1. The summed E-state index contributed by atoms with van der Waals surface area (Å²) in [5, 5.41) is 8.52. The van der Waals surface area contributed by atoms with Crippen LogP contribution in [0.3, 0.4) is 0 Å². The molecule has 0 fully saturated rings. The average Bonchev–Trinajstić information content (AvgIpc) is 2.11. The minimum atomic E-state index is -0.959. The van der Waals surface area contributed by atoms with E-state index >= 15 is 0 Å². The van der Waals surface area contributed by atoms with Crippen molar-refractivity contribution in [2.45, 2.75) is 25.9 Å². The van der Waals surface area contributed by atoms with Crippen molar-refractivity contribution in [1.82, 2.24) is 0 Å². The van der Waals surface area contributed by atoms with Gasteiger partial charge in [-0.15, -0.1) is 0 Å². The zero-order chi connectivity index (χ0) is 10.4. The molecule has 0 aromatic heterocycles. The molecule has 0 heterocycles. The Morgan fingerprint density at radius 1 is 1.46 bits per heavy atom. The van der Waals surface area contributed by atoms with E-state index in [9.17, 15) is 4.79 Å². The fourth-order valence-corrected chi connectivity index (χ4v) is 0.552. The smallest absolute Gasteiger partial charge is 0.325 e. The van der Waals surface area contributed by atoms with Crippen LogP contribution in [0.15, 0.2) is 0 Å². The van der Waals surface area contributed by atoms with Crippen LogP contribution < -0.4 is 11.5 Å². The van der Waals surface area contributed by atoms with E-state index in [0.29, 0.717) is 0 Å². The number of aliphatic hydroxyl groups is 1. The molecular weight excluding hydrogens is 172 g/mol. The molecule has 5 nitrogen and oxygen atoms in total. The molecule has 0 rings (SSSR count). The Morgan fingerprint density at radius 2 is 2.00 bits per heavy atom. The van der Waals surface area contributed by atoms with Crippen LogP contribution in [0.1, 0.15) is 13.8 Å². The van der Waals surface area contributed by atoms with E-state index in [2.05, 4.69) is 0 Å². The first kappa shape index (κ1) is 12.3. The summed E-state index contributed by atoms with van der Waals surface area (Å²) in [4.78, 5) is 10.9. The fraction of sp³-hybridized carbons (Fsp3) is 0.875. The number of carbonyl (C=O) groups excluding carboxylic acids is 1. The second kappa shape index (κ2) is 5.90. The summed E-state index contributed by atoms with van der Waals surface area (Å²) in [6.45, 7) is 3.61. The van der Waals surface area contributed by atoms with Crippen molar-refractivity contribution in [2.75, 3.05) is 13.2 Å². The van der Waals surface area contributed by atoms with Crippen LogP contribution in [0.5, 0.6) is 0 Å². The molecule has 0 aliphatic carbocycles. The Bertz CT molecular complexity index is 161. The van der Waals surface area contributed by atoms with E-state index in [1.165, 1.54) is 0 Å². The topological polar surface area (TPSA) is 98.6 Å². The summed E-state index contributed by atoms with van der Waals surface area (Å²) in [6, 6.07) is -1.14. The monoisotopic (exact) mass is 190 g/mol. The van der Waals surface area contributed by atoms with Gasteiger partial charge in [-0.1, -0.05) is 13.8 Å². The molecule has 5 N–H and O–H groups in total. The third kappa shape index (κ3) is 4.82. The largest absolute Gasteiger partial charge is 0.463 e. The molecule has 13 heavy (non-hydrogen) atoms. The van der Waals surface area contributed by atoms with E-state index in [-0.39, 0.29) is 18.6 Å². The lowest BCUT2D eigenvalue weighted by atomic mass is 10.1. The molecule has 0 bridgehead atoms. The first-order chi connectivity index (χ1) is 5.99. The highest BCUT2D eigenvalue weighted by Gasteiger charge is 2.16. The Balaban J connectivity index is 3.70. The maximum Gasteiger partial charge on any atom is 0.325 e. The normalized spacial score (nSPS) is 15.5. The second-order valence-electron chi connectivity index (χ2n) is 3.33. The lowest BCUT2D eigenvalue weighted by Crippen LogP contribution is -2.39. The third-order valence-electron chi connectivity index (χ3n) is 1.77. The minimum Gasteiger partial charge on any atom is -0.463 e. The van der Waals surface area contributed by atoms with Gasteiger partial charge in [0.2, 0.25) is 0 Å². The van der Waals surface area contributed by atoms with Crippen LogP contribution in [0.2, 0.25) is 0 Å². The van der Waals surface area contributed by atoms with Crippen molar-refractivity contribution in [3.05, 3.63) is 0 Å². The summed E-state index contributed by atoms with van der Waals surface area (Å²) in [5.41, 5.74) is 10.8. The molecule has 78 valence electrons. The van der Waals surface area contributed by atoms with Gasteiger partial charge in [0.1, 0.15) is 12.6 Å². The maximum absolute atomic E-state index is 10.9. The molecule has 0 aliphatic rings. The molecule has 0 aliphatic heterocycles. The van der Waals surface area contributed by atoms with Gasteiger partial charge in [0, 0.05) is 6.04 Å². The van der Waals surface area contributed by atoms with Crippen LogP contribution >= 0.6 is 0 Å². The molecule has 0 saturated heterocycles. The second-order valence-corrected chi connectivity index (χ2v) is 3.33. The molecule has 0 saturated carbocycles. The van der Waals surface area contributed by atoms with E-state index in [1.54, 1.807) is 0 Å². The highest BCUT2D eigenvalue weighted by Crippen LogP contribution is 1.99. The summed E-state index contributed by atoms with van der Waals surface area (Å²) in [7, 11) is 0. The van der Waals surface area contributed by atoms with E-state index in [1.807, 2.05) is 13.8 Å². The Morgan fingerprint density at radius 3 is 2.38 bits per heavy atom. The van der Waals surface area contributed by atoms with Gasteiger partial charge in [-0.3, -0.25) is 4.79 Å². The van der Waals surface area contributed by atoms with Gasteiger partial charge in [0.05, 0.1) is 6.61 Å². The quantitative estimate of drug-likeness (QED) is 0.475. The van der Waals surface area contributed by atoms with Gasteiger partial charge in [-0.25, -0.2) is 0 Å². The lowest BCUT2D eigenvalue weighted by molar-refractivity contribution is -0.146. The molecule has 1 unspecified atom stereocenters. The van der Waals surface area contributed by atoms with E-state index < -0.39 is 18.6 Å². The predicted octanol–water partition coefficient (Wildman–Crippen LogP) is -1.17. The predicted molar refractivity (Wildman–Crippen MR) is 48.8 cm³/mol. The summed E-state index contributed by atoms with van der Waals surface area (Å²) in [6.07, 6.45) is 0. The van der Waals surface area contributed by atoms with Gasteiger partial charge in [0.15, 0.2) is 0 Å². The number of hydrogen-bond acceptors (Lipinski definition) is 5. The van der Waals surface area contributed by atoms with Crippen molar-refractivity contribution in [3.8, 4) is 0 Å². The molecule has 0 aromatic carbocycles. The zero-order valence-electron chi connectivity index (χ0n) is 8.06. The SMILES string of the molecule is CC(C)C(N)COC(=O)[C@@H](N)CO. The summed E-state index contributed by atoms with van der Waals surface area (Å²) >= 11 is 0. The molecule has 0 spiro atoms. The van der Waals surface area contributed by atoms with E-state index in [0.717, 1.165) is 0 Å². The number of nitrogens with two attached hydrogens (primary N) is 2. The minimum absolute atomic E-state index is 0.143. The molecule has 0 amide bonds. The summed E-state index contributed by atoms with van der Waals surface area (Å²) in [5.74, 6) is -0.364. The van der Waals surface area contributed by atoms with Gasteiger partial charge in [0.25, 0.3) is 0 Å². The number of aliphatic hydroxyl groups excluding tert-OH is 1. The van der Waals surface area contributed by atoms with Crippen molar-refractivity contribution < 1.29 is 14.6 Å². The highest BCUT2D eigenvalue weighted by atomic mass is 16.5. The molecule has 0 radical (unpaired) electrons. The number of hydrogen-bond donors (Lipinski definition) is 3. The first-order valence-corrected chi connectivity index (χ1v) is 4.27. The Kier molecular flexibility index (Phi) is 5.61. The van der Waals surface area contributed by atoms with Crippen LogP contribution in [0, 0.1) is 5.92 Å². The standard InChI is InChI=1S/C8H18N2O3/c1-5(2)7(10)4-13-8(12)6(9)3-11/h5-7,11H,3-4,9-10H2,1-2H3/t6-,7?/m0/s1. The van der Waals surface area contributed by atoms with Crippen molar-refractivity contribution in [1.29, 1.82) is 0 Å². The van der Waals surface area contributed by atoms with Crippen LogP contribution in [0.25, 0.3) is 0 Å². The molecular formula is C8H18N2O3. The van der Waals surface area contributed by atoms with Crippen molar-refractivity contribution in [3.63, 3.8) is 0 Å². The van der Waals surface area contributed by atoms with Gasteiger partial charge in [-0.2, -0.15) is 0 Å². The average molecular weight is 190 g/mol. The van der Waals surface area contributed by atoms with Crippen LogP contribution in [0.4, 0.5) is 0 Å². The molecule has 0 aromatic rings. The third-order valence-corrected chi connectivity index (χ3v) is 1.77.